The van der Waals surface area contributed by atoms with E-state index in [1.165, 1.54) is 5.56 Å². The molecule has 3 heteroatoms. The van der Waals surface area contributed by atoms with E-state index in [2.05, 4.69) is 19.1 Å². The quantitative estimate of drug-likeness (QED) is 0.705. The van der Waals surface area contributed by atoms with Gasteiger partial charge in [0.15, 0.2) is 0 Å². The molecule has 0 aromatic heterocycles. The number of rotatable bonds is 6. The van der Waals surface area contributed by atoms with Gasteiger partial charge in [-0.15, -0.1) is 0 Å². The van der Waals surface area contributed by atoms with E-state index < -0.39 is 0 Å². The van der Waals surface area contributed by atoms with Gasteiger partial charge in [-0.1, -0.05) is 30.3 Å². The molecule has 1 amide bonds. The Morgan fingerprint density at radius 2 is 2.12 bits per heavy atom. The number of likely N-dealkylation sites (tertiary alicyclic amines) is 1. The van der Waals surface area contributed by atoms with Gasteiger partial charge in [0.1, 0.15) is 0 Å². The summed E-state index contributed by atoms with van der Waals surface area (Å²) in [6.07, 6.45) is 1.83. The maximum Gasteiger partial charge on any atom is 0.224 e. The van der Waals surface area contributed by atoms with Crippen molar-refractivity contribution < 1.29 is 9.53 Å². The minimum absolute atomic E-state index is 0.198. The Labute approximate surface area is 102 Å². The topological polar surface area (TPSA) is 29.5 Å². The van der Waals surface area contributed by atoms with Crippen molar-refractivity contribution in [3.63, 3.8) is 0 Å². The molecule has 0 N–H and O–H groups in total. The van der Waals surface area contributed by atoms with Crippen molar-refractivity contribution in [1.29, 1.82) is 0 Å². The van der Waals surface area contributed by atoms with E-state index in [0.29, 0.717) is 6.61 Å². The predicted octanol–water partition coefficient (Wildman–Crippen LogP) is 2.21. The number of β-lactam (4-membered cyclic amide) rings is 1. The Morgan fingerprint density at radius 3 is 2.71 bits per heavy atom. The molecule has 1 heterocycles. The fraction of sp³-hybridized carbons (Fsp3) is 0.500. The third kappa shape index (κ3) is 3.56. The molecule has 0 bridgehead atoms. The first-order valence-corrected chi connectivity index (χ1v) is 6.19. The average Bonchev–Trinajstić information content (AvgIpc) is 2.36. The second kappa shape index (κ2) is 5.82. The van der Waals surface area contributed by atoms with Crippen molar-refractivity contribution in [2.45, 2.75) is 32.5 Å². The number of amides is 1. The van der Waals surface area contributed by atoms with E-state index in [-0.39, 0.29) is 12.0 Å². The van der Waals surface area contributed by atoms with Crippen LogP contribution in [0.1, 0.15) is 25.3 Å². The van der Waals surface area contributed by atoms with Crippen LogP contribution in [0.25, 0.3) is 0 Å². The summed E-state index contributed by atoms with van der Waals surface area (Å²) in [6.45, 7) is 4.46. The number of carbonyl (C=O) groups excluding carboxylic acids is 1. The standard InChI is InChI=1S/C14H19NO2/c1-12(7-9-15-10-8-14(15)16)17-11-13-5-3-2-4-6-13/h2-6,12H,7-11H2,1H3/t12-/m0/s1. The van der Waals surface area contributed by atoms with Gasteiger partial charge < -0.3 is 9.64 Å². The highest BCUT2D eigenvalue weighted by Gasteiger charge is 2.23. The lowest BCUT2D eigenvalue weighted by Gasteiger charge is -2.31. The van der Waals surface area contributed by atoms with E-state index in [9.17, 15) is 4.79 Å². The molecule has 92 valence electrons. The van der Waals surface area contributed by atoms with Gasteiger partial charge in [-0.05, 0) is 18.9 Å². The molecule has 1 aliphatic heterocycles. The Bertz CT molecular complexity index is 364. The highest BCUT2D eigenvalue weighted by Crippen LogP contribution is 2.11. The summed E-state index contributed by atoms with van der Waals surface area (Å²) in [6, 6.07) is 10.2. The van der Waals surface area contributed by atoms with Crippen LogP contribution in [0.4, 0.5) is 0 Å². The molecule has 0 saturated carbocycles. The first kappa shape index (κ1) is 12.1. The third-order valence-electron chi connectivity index (χ3n) is 3.13. The monoisotopic (exact) mass is 233 g/mol. The van der Waals surface area contributed by atoms with Gasteiger partial charge in [0.2, 0.25) is 5.91 Å². The van der Waals surface area contributed by atoms with E-state index >= 15 is 0 Å². The zero-order chi connectivity index (χ0) is 12.1. The highest BCUT2D eigenvalue weighted by molar-refractivity contribution is 5.81. The molecule has 3 nitrogen and oxygen atoms in total. The SMILES string of the molecule is C[C@@H](CCN1CCC1=O)OCc1ccccc1. The average molecular weight is 233 g/mol. The van der Waals surface area contributed by atoms with Gasteiger partial charge >= 0.3 is 0 Å². The smallest absolute Gasteiger partial charge is 0.224 e. The fourth-order valence-electron chi connectivity index (χ4n) is 1.83. The van der Waals surface area contributed by atoms with Gasteiger partial charge in [0.05, 0.1) is 12.7 Å². The first-order valence-electron chi connectivity index (χ1n) is 6.19. The minimum Gasteiger partial charge on any atom is -0.374 e. The molecule has 1 atom stereocenters. The molecule has 0 aliphatic carbocycles. The second-order valence-electron chi connectivity index (χ2n) is 4.53. The largest absolute Gasteiger partial charge is 0.374 e. The van der Waals surface area contributed by atoms with Crippen LogP contribution in [0.15, 0.2) is 30.3 Å². The lowest BCUT2D eigenvalue weighted by molar-refractivity contribution is -0.140. The van der Waals surface area contributed by atoms with Crippen LogP contribution in [-0.2, 0) is 16.1 Å². The van der Waals surface area contributed by atoms with Gasteiger partial charge in [-0.2, -0.15) is 0 Å². The van der Waals surface area contributed by atoms with Crippen LogP contribution >= 0.6 is 0 Å². The second-order valence-corrected chi connectivity index (χ2v) is 4.53. The van der Waals surface area contributed by atoms with Gasteiger partial charge in [-0.25, -0.2) is 0 Å². The molecule has 17 heavy (non-hydrogen) atoms. The summed E-state index contributed by atoms with van der Waals surface area (Å²) in [7, 11) is 0. The molecule has 0 unspecified atom stereocenters. The normalized spacial score (nSPS) is 16.8. The summed E-state index contributed by atoms with van der Waals surface area (Å²) < 4.78 is 5.74. The van der Waals surface area contributed by atoms with Crippen molar-refractivity contribution in [2.75, 3.05) is 13.1 Å². The van der Waals surface area contributed by atoms with Crippen LogP contribution in [0.5, 0.6) is 0 Å². The molecule has 0 radical (unpaired) electrons. The fourth-order valence-corrected chi connectivity index (χ4v) is 1.83. The van der Waals surface area contributed by atoms with Crippen LogP contribution in [-0.4, -0.2) is 30.0 Å². The predicted molar refractivity (Wildman–Crippen MR) is 66.5 cm³/mol. The van der Waals surface area contributed by atoms with Crippen molar-refractivity contribution >= 4 is 5.91 Å². The molecule has 0 spiro atoms. The molecular formula is C14H19NO2. The molecule has 2 rings (SSSR count). The molecule has 1 fully saturated rings. The number of carbonyl (C=O) groups is 1. The Hall–Kier alpha value is -1.35. The first-order chi connectivity index (χ1) is 8.25. The van der Waals surface area contributed by atoms with E-state index in [1.807, 2.05) is 23.1 Å². The third-order valence-corrected chi connectivity index (χ3v) is 3.13. The Morgan fingerprint density at radius 1 is 1.35 bits per heavy atom. The van der Waals surface area contributed by atoms with Crippen molar-refractivity contribution in [1.82, 2.24) is 4.90 Å². The van der Waals surface area contributed by atoms with Crippen LogP contribution in [0.2, 0.25) is 0 Å². The maximum absolute atomic E-state index is 11.1. The molecular weight excluding hydrogens is 214 g/mol. The van der Waals surface area contributed by atoms with Gasteiger partial charge in [-0.3, -0.25) is 4.79 Å². The van der Waals surface area contributed by atoms with Crippen LogP contribution < -0.4 is 0 Å². The van der Waals surface area contributed by atoms with Crippen molar-refractivity contribution in [2.24, 2.45) is 0 Å². The van der Waals surface area contributed by atoms with Gasteiger partial charge in [0, 0.05) is 19.5 Å². The van der Waals surface area contributed by atoms with Gasteiger partial charge in [0.25, 0.3) is 0 Å². The Balaban J connectivity index is 1.64. The molecule has 1 aliphatic rings. The molecule has 1 aromatic rings. The van der Waals surface area contributed by atoms with Crippen LogP contribution in [0.3, 0.4) is 0 Å². The van der Waals surface area contributed by atoms with Crippen LogP contribution in [0, 0.1) is 0 Å². The number of hydrogen-bond donors (Lipinski definition) is 0. The lowest BCUT2D eigenvalue weighted by Crippen LogP contribution is -2.44. The minimum atomic E-state index is 0.198. The van der Waals surface area contributed by atoms with E-state index in [0.717, 1.165) is 25.9 Å². The van der Waals surface area contributed by atoms with Crippen molar-refractivity contribution in [3.8, 4) is 0 Å². The number of ether oxygens (including phenoxy) is 1. The Kier molecular flexibility index (Phi) is 4.15. The summed E-state index contributed by atoms with van der Waals surface area (Å²) >= 11 is 0. The molecule has 1 saturated heterocycles. The number of benzene rings is 1. The summed E-state index contributed by atoms with van der Waals surface area (Å²) in [5.74, 6) is 0.278. The molecule has 1 aromatic carbocycles. The van der Waals surface area contributed by atoms with E-state index in [4.69, 9.17) is 4.74 Å². The van der Waals surface area contributed by atoms with E-state index in [1.54, 1.807) is 0 Å². The summed E-state index contributed by atoms with van der Waals surface area (Å²) in [5.41, 5.74) is 1.19. The zero-order valence-corrected chi connectivity index (χ0v) is 10.3. The number of hydrogen-bond acceptors (Lipinski definition) is 2. The summed E-state index contributed by atoms with van der Waals surface area (Å²) in [4.78, 5) is 13.0. The maximum atomic E-state index is 11.1. The lowest BCUT2D eigenvalue weighted by atomic mass is 10.1. The number of nitrogens with zero attached hydrogens (tertiary/aromatic N) is 1. The zero-order valence-electron chi connectivity index (χ0n) is 10.3. The highest BCUT2D eigenvalue weighted by atomic mass is 16.5. The van der Waals surface area contributed by atoms with Crippen molar-refractivity contribution in [3.05, 3.63) is 35.9 Å². The summed E-state index contributed by atoms with van der Waals surface area (Å²) in [5, 5.41) is 0.